The molecule has 3 aromatic rings. The third-order valence-corrected chi connectivity index (χ3v) is 6.66. The van der Waals surface area contributed by atoms with Crippen LogP contribution in [0, 0.1) is 6.92 Å². The van der Waals surface area contributed by atoms with Crippen LogP contribution in [-0.2, 0) is 15.7 Å². The van der Waals surface area contributed by atoms with Crippen molar-refractivity contribution in [2.45, 2.75) is 52.0 Å². The van der Waals surface area contributed by atoms with Gasteiger partial charge in [0, 0.05) is 49.1 Å². The molecule has 1 aliphatic rings. The van der Waals surface area contributed by atoms with Crippen molar-refractivity contribution in [2.24, 2.45) is 0 Å². The van der Waals surface area contributed by atoms with E-state index in [1.54, 1.807) is 15.1 Å². The van der Waals surface area contributed by atoms with Crippen molar-refractivity contribution in [2.75, 3.05) is 31.1 Å². The van der Waals surface area contributed by atoms with Crippen LogP contribution in [0.1, 0.15) is 40.3 Å². The number of ether oxygens (including phenoxy) is 1. The molecule has 4 rings (SSSR count). The number of carbonyl (C=O) groups is 1. The summed E-state index contributed by atoms with van der Waals surface area (Å²) in [5.74, 6) is 0. The molecule has 1 aliphatic heterocycles. The Morgan fingerprint density at radius 2 is 1.67 bits per heavy atom. The van der Waals surface area contributed by atoms with E-state index in [9.17, 15) is 9.00 Å². The Labute approximate surface area is 198 Å². The molecule has 0 spiro atoms. The molecule has 1 fully saturated rings. The Morgan fingerprint density at radius 1 is 1.03 bits per heavy atom. The zero-order valence-corrected chi connectivity index (χ0v) is 21.2. The highest BCUT2D eigenvalue weighted by Crippen LogP contribution is 2.30. The van der Waals surface area contributed by atoms with Gasteiger partial charge in [-0.1, -0.05) is 32.0 Å². The molecule has 1 amide bonds. The van der Waals surface area contributed by atoms with E-state index < -0.39 is 16.6 Å². The Kier molecular flexibility index (Phi) is 7.79. The fourth-order valence-electron chi connectivity index (χ4n) is 3.77. The number of aryl methyl sites for hydroxylation is 1. The second kappa shape index (κ2) is 10.4. The number of hydrogen-bond donors (Lipinski definition) is 0. The first-order valence-corrected chi connectivity index (χ1v) is 12.5. The molecule has 7 nitrogen and oxygen atoms in total. The zero-order valence-electron chi connectivity index (χ0n) is 20.4. The van der Waals surface area contributed by atoms with Crippen LogP contribution >= 0.6 is 0 Å². The summed E-state index contributed by atoms with van der Waals surface area (Å²) in [4.78, 5) is 21.6. The van der Waals surface area contributed by atoms with Crippen LogP contribution in [0.2, 0.25) is 0 Å². The predicted octanol–water partition coefficient (Wildman–Crippen LogP) is 5.00. The van der Waals surface area contributed by atoms with Gasteiger partial charge < -0.3 is 14.5 Å². The number of benzene rings is 1. The summed E-state index contributed by atoms with van der Waals surface area (Å²) in [6, 6.07) is 13.4. The van der Waals surface area contributed by atoms with E-state index in [2.05, 4.69) is 9.88 Å². The van der Waals surface area contributed by atoms with Crippen LogP contribution in [0.25, 0.3) is 11.0 Å². The molecule has 3 heterocycles. The van der Waals surface area contributed by atoms with Gasteiger partial charge in [-0.05, 0) is 52.0 Å². The van der Waals surface area contributed by atoms with Crippen LogP contribution in [0.4, 0.5) is 10.5 Å². The minimum atomic E-state index is -1.37. The van der Waals surface area contributed by atoms with Crippen molar-refractivity contribution in [3.63, 3.8) is 0 Å². The Balaban J connectivity index is 0.00000149. The van der Waals surface area contributed by atoms with Crippen LogP contribution in [-0.4, -0.2) is 55.9 Å². The minimum Gasteiger partial charge on any atom is -0.444 e. The van der Waals surface area contributed by atoms with Gasteiger partial charge in [0.1, 0.15) is 5.60 Å². The molecule has 0 bridgehead atoms. The highest BCUT2D eigenvalue weighted by atomic mass is 32.2. The monoisotopic (exact) mass is 470 g/mol. The number of nitrogens with zero attached hydrogens (tertiary/aromatic N) is 4. The maximum atomic E-state index is 13.2. The Bertz CT molecular complexity index is 1110. The summed E-state index contributed by atoms with van der Waals surface area (Å²) in [6.45, 7) is 14.2. The molecule has 1 aromatic carbocycles. The first-order chi connectivity index (χ1) is 15.7. The first kappa shape index (κ1) is 24.8. The molecule has 178 valence electrons. The van der Waals surface area contributed by atoms with Crippen molar-refractivity contribution in [1.82, 2.24) is 13.9 Å². The lowest BCUT2D eigenvalue weighted by Crippen LogP contribution is -2.50. The van der Waals surface area contributed by atoms with Crippen LogP contribution < -0.4 is 4.90 Å². The molecule has 1 unspecified atom stereocenters. The molecule has 0 N–H and O–H groups in total. The molecular formula is C25H34N4O3S. The van der Waals surface area contributed by atoms with Crippen molar-refractivity contribution in [3.05, 3.63) is 54.4 Å². The van der Waals surface area contributed by atoms with Gasteiger partial charge in [-0.15, -0.1) is 0 Å². The van der Waals surface area contributed by atoms with E-state index >= 15 is 0 Å². The normalized spacial score (nSPS) is 15.1. The molecular weight excluding hydrogens is 436 g/mol. The van der Waals surface area contributed by atoms with Crippen LogP contribution in [0.5, 0.6) is 0 Å². The lowest BCUT2D eigenvalue weighted by atomic mass is 10.2. The zero-order chi connectivity index (χ0) is 24.2. The quantitative estimate of drug-likeness (QED) is 0.539. The number of rotatable bonds is 3. The van der Waals surface area contributed by atoms with Gasteiger partial charge in [-0.3, -0.25) is 0 Å². The van der Waals surface area contributed by atoms with E-state index in [1.807, 2.05) is 84.0 Å². The molecule has 1 saturated heterocycles. The molecule has 33 heavy (non-hydrogen) atoms. The van der Waals surface area contributed by atoms with E-state index in [0.29, 0.717) is 31.8 Å². The predicted molar refractivity (Wildman–Crippen MR) is 134 cm³/mol. The summed E-state index contributed by atoms with van der Waals surface area (Å²) >= 11 is 0. The summed E-state index contributed by atoms with van der Waals surface area (Å²) in [5.41, 5.74) is 2.14. The van der Waals surface area contributed by atoms with Crippen LogP contribution in [0.3, 0.4) is 0 Å². The standard InChI is InChI=1S/C23H28N4O3S.C2H6/c1-17-16-19-20(25-12-14-26(15-13-25)22(28)30-23(2,3)4)10-11-24-21(19)27(17)31(29)18-8-6-5-7-9-18;1-2/h5-11,16H,12-15H2,1-4H3;1-2H3. The van der Waals surface area contributed by atoms with Crippen molar-refractivity contribution >= 4 is 33.8 Å². The number of fused-ring (bicyclic) bond motifs is 1. The average molecular weight is 471 g/mol. The number of carbonyl (C=O) groups excluding carboxylic acids is 1. The van der Waals surface area contributed by atoms with Gasteiger partial charge >= 0.3 is 6.09 Å². The molecule has 0 aliphatic carbocycles. The maximum absolute atomic E-state index is 13.2. The van der Waals surface area contributed by atoms with Crippen molar-refractivity contribution in [1.29, 1.82) is 0 Å². The summed E-state index contributed by atoms with van der Waals surface area (Å²) in [5, 5.41) is 0.968. The Hall–Kier alpha value is -2.87. The van der Waals surface area contributed by atoms with E-state index in [0.717, 1.165) is 21.7 Å². The molecule has 0 radical (unpaired) electrons. The summed E-state index contributed by atoms with van der Waals surface area (Å²) in [7, 11) is -1.37. The van der Waals surface area contributed by atoms with Gasteiger partial charge in [0.15, 0.2) is 16.6 Å². The molecule has 2 aromatic heterocycles. The molecule has 8 heteroatoms. The molecule has 0 saturated carbocycles. The van der Waals surface area contributed by atoms with Gasteiger partial charge in [0.25, 0.3) is 0 Å². The van der Waals surface area contributed by atoms with Gasteiger partial charge in [-0.2, -0.15) is 0 Å². The fraction of sp³-hybridized carbons (Fsp3) is 0.440. The Morgan fingerprint density at radius 3 is 2.27 bits per heavy atom. The van der Waals surface area contributed by atoms with Crippen molar-refractivity contribution < 1.29 is 13.7 Å². The lowest BCUT2D eigenvalue weighted by molar-refractivity contribution is 0.0240. The lowest BCUT2D eigenvalue weighted by Gasteiger charge is -2.37. The highest BCUT2D eigenvalue weighted by molar-refractivity contribution is 7.83. The second-order valence-electron chi connectivity index (χ2n) is 8.66. The average Bonchev–Trinajstić information content (AvgIpc) is 3.15. The van der Waals surface area contributed by atoms with Crippen LogP contribution in [0.15, 0.2) is 53.6 Å². The van der Waals surface area contributed by atoms with Gasteiger partial charge in [0.05, 0.1) is 4.90 Å². The summed E-state index contributed by atoms with van der Waals surface area (Å²) < 4.78 is 20.5. The van der Waals surface area contributed by atoms with Gasteiger partial charge in [-0.25, -0.2) is 18.0 Å². The topological polar surface area (TPSA) is 67.7 Å². The number of pyridine rings is 1. The van der Waals surface area contributed by atoms with Gasteiger partial charge in [0.2, 0.25) is 0 Å². The van der Waals surface area contributed by atoms with E-state index in [-0.39, 0.29) is 6.09 Å². The number of anilines is 1. The largest absolute Gasteiger partial charge is 0.444 e. The third-order valence-electron chi connectivity index (χ3n) is 5.19. The smallest absolute Gasteiger partial charge is 0.410 e. The minimum absolute atomic E-state index is 0.271. The third kappa shape index (κ3) is 5.55. The number of hydrogen-bond acceptors (Lipinski definition) is 5. The highest BCUT2D eigenvalue weighted by Gasteiger charge is 2.27. The van der Waals surface area contributed by atoms with E-state index in [4.69, 9.17) is 4.74 Å². The fourth-order valence-corrected chi connectivity index (χ4v) is 4.99. The van der Waals surface area contributed by atoms with Crippen molar-refractivity contribution in [3.8, 4) is 0 Å². The number of amides is 1. The number of aromatic nitrogens is 2. The maximum Gasteiger partial charge on any atom is 0.410 e. The first-order valence-electron chi connectivity index (χ1n) is 11.4. The second-order valence-corrected chi connectivity index (χ2v) is 10.00. The SMILES string of the molecule is CC.Cc1cc2c(N3CCN(C(=O)OC(C)(C)C)CC3)ccnc2n1S(=O)c1ccccc1. The summed E-state index contributed by atoms with van der Waals surface area (Å²) in [6.07, 6.45) is 1.49. The molecule has 1 atom stereocenters. The van der Waals surface area contributed by atoms with E-state index in [1.165, 1.54) is 0 Å². The number of piperazine rings is 1.